The van der Waals surface area contributed by atoms with Crippen LogP contribution in [0.15, 0.2) is 0 Å². The molecule has 0 radical (unpaired) electrons. The first-order chi connectivity index (χ1) is 6.10. The van der Waals surface area contributed by atoms with Crippen molar-refractivity contribution >= 4 is 0 Å². The van der Waals surface area contributed by atoms with Crippen LogP contribution < -0.4 is 0 Å². The molecule has 1 atom stereocenters. The second-order valence-electron chi connectivity index (χ2n) is 5.09. The normalized spacial score (nSPS) is 23.8. The van der Waals surface area contributed by atoms with Crippen molar-refractivity contribution in [2.45, 2.75) is 65.4 Å². The van der Waals surface area contributed by atoms with Crippen molar-refractivity contribution in [1.29, 1.82) is 0 Å². The van der Waals surface area contributed by atoms with Crippen molar-refractivity contribution < 1.29 is 5.11 Å². The summed E-state index contributed by atoms with van der Waals surface area (Å²) in [6, 6.07) is 0. The first kappa shape index (κ1) is 11.0. The maximum Gasteiger partial charge on any atom is 0.0593 e. The average Bonchev–Trinajstić information content (AvgIpc) is 2.51. The van der Waals surface area contributed by atoms with Crippen LogP contribution >= 0.6 is 0 Å². The highest BCUT2D eigenvalue weighted by Crippen LogP contribution is 2.46. The molecular weight excluding hydrogens is 160 g/mol. The maximum atomic E-state index is 10.1. The minimum atomic E-state index is -0.0580. The molecule has 1 aliphatic carbocycles. The molecule has 1 N–H and O–H groups in total. The molecule has 13 heavy (non-hydrogen) atoms. The Kier molecular flexibility index (Phi) is 3.78. The van der Waals surface area contributed by atoms with E-state index in [4.69, 9.17) is 0 Å². The lowest BCUT2D eigenvalue weighted by Crippen LogP contribution is -2.33. The summed E-state index contributed by atoms with van der Waals surface area (Å²) < 4.78 is 0. The summed E-state index contributed by atoms with van der Waals surface area (Å²) in [6.45, 7) is 6.63. The molecule has 1 saturated carbocycles. The zero-order chi connectivity index (χ0) is 9.90. The van der Waals surface area contributed by atoms with Gasteiger partial charge < -0.3 is 5.11 Å². The molecule has 0 spiro atoms. The van der Waals surface area contributed by atoms with E-state index in [0.717, 1.165) is 12.3 Å². The highest BCUT2D eigenvalue weighted by atomic mass is 16.3. The van der Waals surface area contributed by atoms with Crippen molar-refractivity contribution in [2.75, 3.05) is 0 Å². The molecule has 0 aromatic carbocycles. The Morgan fingerprint density at radius 3 is 2.15 bits per heavy atom. The van der Waals surface area contributed by atoms with E-state index in [-0.39, 0.29) is 11.5 Å². The third-order valence-corrected chi connectivity index (χ3v) is 3.51. The first-order valence-electron chi connectivity index (χ1n) is 5.79. The predicted molar refractivity (Wildman–Crippen MR) is 56.7 cm³/mol. The second-order valence-corrected chi connectivity index (χ2v) is 5.09. The van der Waals surface area contributed by atoms with E-state index in [1.165, 1.54) is 32.1 Å². The van der Waals surface area contributed by atoms with Gasteiger partial charge in [0.25, 0.3) is 0 Å². The van der Waals surface area contributed by atoms with Crippen LogP contribution in [0.1, 0.15) is 59.3 Å². The van der Waals surface area contributed by atoms with Gasteiger partial charge in [0.1, 0.15) is 0 Å². The number of rotatable bonds is 4. The largest absolute Gasteiger partial charge is 0.393 e. The van der Waals surface area contributed by atoms with Crippen LogP contribution in [0.4, 0.5) is 0 Å². The molecule has 0 saturated heterocycles. The molecule has 1 rings (SSSR count). The molecular formula is C12H24O. The van der Waals surface area contributed by atoms with Gasteiger partial charge in [0, 0.05) is 0 Å². The molecule has 1 heteroatoms. The second kappa shape index (κ2) is 4.45. The van der Waals surface area contributed by atoms with Gasteiger partial charge in [-0.15, -0.1) is 0 Å². The minimum absolute atomic E-state index is 0.0580. The summed E-state index contributed by atoms with van der Waals surface area (Å²) in [4.78, 5) is 0. The lowest BCUT2D eigenvalue weighted by atomic mass is 9.73. The van der Waals surface area contributed by atoms with Crippen LogP contribution in [0.5, 0.6) is 0 Å². The number of aliphatic hydroxyl groups excluding tert-OH is 1. The van der Waals surface area contributed by atoms with E-state index in [1.54, 1.807) is 0 Å². The van der Waals surface area contributed by atoms with E-state index in [2.05, 4.69) is 20.8 Å². The monoisotopic (exact) mass is 184 g/mol. The molecule has 0 aliphatic heterocycles. The van der Waals surface area contributed by atoms with E-state index in [0.29, 0.717) is 0 Å². The molecule has 1 unspecified atom stereocenters. The molecule has 0 aromatic rings. The number of hydrogen-bond acceptors (Lipinski definition) is 1. The molecule has 78 valence electrons. The number of aliphatic hydroxyl groups is 1. The van der Waals surface area contributed by atoms with Gasteiger partial charge in [-0.1, -0.05) is 33.6 Å². The summed E-state index contributed by atoms with van der Waals surface area (Å²) in [5.41, 5.74) is 0.281. The van der Waals surface area contributed by atoms with Crippen LogP contribution in [-0.2, 0) is 0 Å². The van der Waals surface area contributed by atoms with Crippen molar-refractivity contribution in [2.24, 2.45) is 11.3 Å². The van der Waals surface area contributed by atoms with E-state index in [1.807, 2.05) is 0 Å². The topological polar surface area (TPSA) is 20.2 Å². The van der Waals surface area contributed by atoms with Crippen molar-refractivity contribution in [3.05, 3.63) is 0 Å². The maximum absolute atomic E-state index is 10.1. The van der Waals surface area contributed by atoms with Gasteiger partial charge in [-0.05, 0) is 37.0 Å². The molecule has 1 aliphatic rings. The van der Waals surface area contributed by atoms with Crippen LogP contribution in [0.25, 0.3) is 0 Å². The SMILES string of the molecule is CCC(O)C1(CC(C)C)CCCC1. The smallest absolute Gasteiger partial charge is 0.0593 e. The van der Waals surface area contributed by atoms with Crippen molar-refractivity contribution in [3.63, 3.8) is 0 Å². The molecule has 0 bridgehead atoms. The third kappa shape index (κ3) is 2.46. The number of hydrogen-bond donors (Lipinski definition) is 1. The van der Waals surface area contributed by atoms with E-state index in [9.17, 15) is 5.11 Å². The Bertz CT molecular complexity index is 145. The zero-order valence-electron chi connectivity index (χ0n) is 9.34. The highest BCUT2D eigenvalue weighted by molar-refractivity contribution is 4.90. The summed E-state index contributed by atoms with van der Waals surface area (Å²) in [5.74, 6) is 0.722. The van der Waals surface area contributed by atoms with Gasteiger partial charge in [-0.3, -0.25) is 0 Å². The first-order valence-corrected chi connectivity index (χ1v) is 5.79. The summed E-state index contributed by atoms with van der Waals surface area (Å²) >= 11 is 0. The minimum Gasteiger partial charge on any atom is -0.393 e. The molecule has 0 amide bonds. The van der Waals surface area contributed by atoms with Crippen LogP contribution in [-0.4, -0.2) is 11.2 Å². The fourth-order valence-electron chi connectivity index (χ4n) is 3.00. The Balaban J connectivity index is 2.62. The van der Waals surface area contributed by atoms with E-state index >= 15 is 0 Å². The third-order valence-electron chi connectivity index (χ3n) is 3.51. The van der Waals surface area contributed by atoms with E-state index < -0.39 is 0 Å². The summed E-state index contributed by atoms with van der Waals surface area (Å²) in [6.07, 6.45) is 7.22. The average molecular weight is 184 g/mol. The fourth-order valence-corrected chi connectivity index (χ4v) is 3.00. The van der Waals surface area contributed by atoms with Crippen LogP contribution in [0.3, 0.4) is 0 Å². The molecule has 1 fully saturated rings. The standard InChI is InChI=1S/C12H24O/c1-4-11(13)12(9-10(2)3)7-5-6-8-12/h10-11,13H,4-9H2,1-3H3. The van der Waals surface area contributed by atoms with Gasteiger partial charge in [-0.25, -0.2) is 0 Å². The Hall–Kier alpha value is -0.0400. The highest BCUT2D eigenvalue weighted by Gasteiger charge is 2.39. The van der Waals surface area contributed by atoms with Gasteiger partial charge in [-0.2, -0.15) is 0 Å². The van der Waals surface area contributed by atoms with Crippen molar-refractivity contribution in [1.82, 2.24) is 0 Å². The van der Waals surface area contributed by atoms with Gasteiger partial charge >= 0.3 is 0 Å². The lowest BCUT2D eigenvalue weighted by Gasteiger charge is -2.35. The molecule has 1 nitrogen and oxygen atoms in total. The lowest BCUT2D eigenvalue weighted by molar-refractivity contribution is 0.0105. The fraction of sp³-hybridized carbons (Fsp3) is 1.00. The summed E-state index contributed by atoms with van der Waals surface area (Å²) in [5, 5.41) is 10.1. The van der Waals surface area contributed by atoms with Crippen molar-refractivity contribution in [3.8, 4) is 0 Å². The van der Waals surface area contributed by atoms with Gasteiger partial charge in [0.15, 0.2) is 0 Å². The Labute approximate surface area is 82.5 Å². The quantitative estimate of drug-likeness (QED) is 0.710. The molecule has 0 heterocycles. The summed E-state index contributed by atoms with van der Waals surface area (Å²) in [7, 11) is 0. The predicted octanol–water partition coefficient (Wildman–Crippen LogP) is 3.36. The Morgan fingerprint density at radius 2 is 1.77 bits per heavy atom. The van der Waals surface area contributed by atoms with Gasteiger partial charge in [0.05, 0.1) is 6.10 Å². The molecule has 0 aromatic heterocycles. The van der Waals surface area contributed by atoms with Crippen LogP contribution in [0, 0.1) is 11.3 Å². The van der Waals surface area contributed by atoms with Gasteiger partial charge in [0.2, 0.25) is 0 Å². The van der Waals surface area contributed by atoms with Crippen LogP contribution in [0.2, 0.25) is 0 Å². The Morgan fingerprint density at radius 1 is 1.23 bits per heavy atom. The zero-order valence-corrected chi connectivity index (χ0v) is 9.34.